The summed E-state index contributed by atoms with van der Waals surface area (Å²) in [7, 11) is 0. The average molecular weight is 306 g/mol. The van der Waals surface area contributed by atoms with Crippen LogP contribution in [-0.4, -0.2) is 27.0 Å². The summed E-state index contributed by atoms with van der Waals surface area (Å²) in [4.78, 5) is 25.9. The van der Waals surface area contributed by atoms with Gasteiger partial charge in [0, 0.05) is 17.9 Å². The molecule has 0 aliphatic heterocycles. The second kappa shape index (κ2) is 5.51. The highest BCUT2D eigenvalue weighted by Crippen LogP contribution is 2.41. The first kappa shape index (κ1) is 14.1. The van der Waals surface area contributed by atoms with Crippen molar-refractivity contribution in [1.29, 1.82) is 0 Å². The van der Waals surface area contributed by atoms with E-state index < -0.39 is 22.8 Å². The Morgan fingerprint density at radius 3 is 2.82 bits per heavy atom. The summed E-state index contributed by atoms with van der Waals surface area (Å²) in [6.07, 6.45) is 0.339. The molecule has 1 aromatic carbocycles. The summed E-state index contributed by atoms with van der Waals surface area (Å²) in [6.45, 7) is 0.184. The Morgan fingerprint density at radius 1 is 1.45 bits per heavy atom. The number of nitrogens with one attached hydrogen (secondary N) is 1. The minimum Gasteiger partial charge on any atom is -0.345 e. The Morgan fingerprint density at radius 2 is 2.18 bits per heavy atom. The Hall–Kier alpha value is -2.84. The first-order chi connectivity index (χ1) is 10.5. The van der Waals surface area contributed by atoms with E-state index in [0.717, 1.165) is 0 Å². The first-order valence-electron chi connectivity index (χ1n) is 6.54. The van der Waals surface area contributed by atoms with Crippen LogP contribution in [0.25, 0.3) is 0 Å². The van der Waals surface area contributed by atoms with E-state index in [-0.39, 0.29) is 24.1 Å². The molecule has 1 heterocycles. The van der Waals surface area contributed by atoms with Crippen LogP contribution in [0, 0.1) is 15.9 Å². The lowest BCUT2D eigenvalue weighted by Gasteiger charge is -2.02. The molecular formula is C13H11FN4O4. The molecule has 0 spiro atoms. The molecular weight excluding hydrogens is 295 g/mol. The minimum atomic E-state index is -0.712. The van der Waals surface area contributed by atoms with Crippen LogP contribution in [-0.2, 0) is 6.54 Å². The average Bonchev–Trinajstić information content (AvgIpc) is 3.16. The molecule has 1 aromatic heterocycles. The third-order valence-electron chi connectivity index (χ3n) is 3.36. The number of carbonyl (C=O) groups is 1. The summed E-state index contributed by atoms with van der Waals surface area (Å²) < 4.78 is 17.6. The van der Waals surface area contributed by atoms with Crippen molar-refractivity contribution in [2.75, 3.05) is 0 Å². The van der Waals surface area contributed by atoms with Gasteiger partial charge >= 0.3 is 0 Å². The van der Waals surface area contributed by atoms with Crippen LogP contribution < -0.4 is 5.32 Å². The summed E-state index contributed by atoms with van der Waals surface area (Å²) in [5.74, 6) is -1.40. The second-order valence-electron chi connectivity index (χ2n) is 4.96. The fourth-order valence-corrected chi connectivity index (χ4v) is 2.02. The zero-order valence-corrected chi connectivity index (χ0v) is 11.2. The smallest absolute Gasteiger partial charge is 0.292 e. The largest absolute Gasteiger partial charge is 0.345 e. The third-order valence-corrected chi connectivity index (χ3v) is 3.36. The lowest BCUT2D eigenvalue weighted by atomic mass is 10.2. The zero-order valence-electron chi connectivity index (χ0n) is 11.2. The van der Waals surface area contributed by atoms with Gasteiger partial charge in [0.05, 0.1) is 0 Å². The van der Waals surface area contributed by atoms with Gasteiger partial charge in [0.2, 0.25) is 11.9 Å². The minimum absolute atomic E-state index is 0.105. The highest BCUT2D eigenvalue weighted by Gasteiger charge is 2.53. The number of rotatable bonds is 5. The van der Waals surface area contributed by atoms with Gasteiger partial charge in [-0.15, -0.1) is 0 Å². The number of nitrogens with zero attached hydrogens (tertiary/aromatic N) is 3. The van der Waals surface area contributed by atoms with Gasteiger partial charge in [-0.05, 0) is 17.7 Å². The topological polar surface area (TPSA) is 111 Å². The molecule has 0 radical (unpaired) electrons. The molecule has 22 heavy (non-hydrogen) atoms. The van der Waals surface area contributed by atoms with Gasteiger partial charge < -0.3 is 9.84 Å². The molecule has 3 rings (SSSR count). The van der Waals surface area contributed by atoms with Crippen molar-refractivity contribution in [2.45, 2.75) is 24.9 Å². The van der Waals surface area contributed by atoms with Crippen LogP contribution in [0.5, 0.6) is 0 Å². The van der Waals surface area contributed by atoms with Crippen LogP contribution in [0.4, 0.5) is 4.39 Å². The third kappa shape index (κ3) is 2.92. The van der Waals surface area contributed by atoms with E-state index in [2.05, 4.69) is 15.5 Å². The van der Waals surface area contributed by atoms with Crippen molar-refractivity contribution in [3.8, 4) is 0 Å². The van der Waals surface area contributed by atoms with E-state index >= 15 is 0 Å². The maximum Gasteiger partial charge on any atom is 0.292 e. The van der Waals surface area contributed by atoms with Crippen molar-refractivity contribution in [2.24, 2.45) is 0 Å². The number of carbonyl (C=O) groups excluding carboxylic acids is 1. The fourth-order valence-electron chi connectivity index (χ4n) is 2.02. The molecule has 0 saturated heterocycles. The molecule has 1 fully saturated rings. The van der Waals surface area contributed by atoms with E-state index in [4.69, 9.17) is 4.52 Å². The molecule has 0 unspecified atom stereocenters. The molecule has 1 amide bonds. The van der Waals surface area contributed by atoms with E-state index in [0.29, 0.717) is 12.0 Å². The molecule has 2 atom stereocenters. The van der Waals surface area contributed by atoms with Gasteiger partial charge in [-0.3, -0.25) is 14.9 Å². The molecule has 1 saturated carbocycles. The highest BCUT2D eigenvalue weighted by atomic mass is 19.1. The van der Waals surface area contributed by atoms with E-state index in [9.17, 15) is 19.3 Å². The van der Waals surface area contributed by atoms with Crippen molar-refractivity contribution >= 4 is 5.91 Å². The number of aromatic nitrogens is 2. The van der Waals surface area contributed by atoms with Gasteiger partial charge in [0.25, 0.3) is 11.7 Å². The van der Waals surface area contributed by atoms with Crippen LogP contribution >= 0.6 is 0 Å². The Labute approximate surface area is 123 Å². The Kier molecular flexibility index (Phi) is 3.53. The van der Waals surface area contributed by atoms with Gasteiger partial charge in [0.15, 0.2) is 0 Å². The second-order valence-corrected chi connectivity index (χ2v) is 4.96. The quantitative estimate of drug-likeness (QED) is 0.657. The molecule has 1 aliphatic rings. The van der Waals surface area contributed by atoms with Gasteiger partial charge in [0.1, 0.15) is 11.7 Å². The maximum absolute atomic E-state index is 12.8. The van der Waals surface area contributed by atoms with Crippen LogP contribution in [0.15, 0.2) is 28.8 Å². The van der Waals surface area contributed by atoms with Crippen molar-refractivity contribution in [1.82, 2.24) is 15.5 Å². The fraction of sp³-hybridized carbons (Fsp3) is 0.308. The Balaban J connectivity index is 1.58. The lowest BCUT2D eigenvalue weighted by molar-refractivity contribution is -0.496. The van der Waals surface area contributed by atoms with Crippen LogP contribution in [0.3, 0.4) is 0 Å². The number of hydrogen-bond acceptors (Lipinski definition) is 6. The zero-order chi connectivity index (χ0) is 15.7. The number of nitro groups is 1. The van der Waals surface area contributed by atoms with Gasteiger partial charge in [-0.25, -0.2) is 4.39 Å². The number of amides is 1. The van der Waals surface area contributed by atoms with E-state index in [1.807, 2.05) is 0 Å². The predicted octanol–water partition coefficient (Wildman–Crippen LogP) is 1.27. The normalized spacial score (nSPS) is 19.7. The molecule has 1 aliphatic carbocycles. The molecule has 8 nitrogen and oxygen atoms in total. The molecule has 2 aromatic rings. The summed E-state index contributed by atoms with van der Waals surface area (Å²) in [5, 5.41) is 16.7. The monoisotopic (exact) mass is 306 g/mol. The molecule has 1 N–H and O–H groups in total. The van der Waals surface area contributed by atoms with E-state index in [1.54, 1.807) is 12.1 Å². The number of hydrogen-bond donors (Lipinski definition) is 1. The number of halogens is 1. The molecule has 9 heteroatoms. The SMILES string of the molecule is O=C(NCc1ccc(F)cc1)c1noc([C@H]2C[C@@H]2[N+](=O)[O-])n1. The summed E-state index contributed by atoms with van der Waals surface area (Å²) >= 11 is 0. The number of benzene rings is 1. The van der Waals surface area contributed by atoms with Gasteiger partial charge in [-0.1, -0.05) is 17.3 Å². The van der Waals surface area contributed by atoms with Crippen LogP contribution in [0.1, 0.15) is 34.4 Å². The van der Waals surface area contributed by atoms with Gasteiger partial charge in [-0.2, -0.15) is 4.98 Å². The molecule has 114 valence electrons. The van der Waals surface area contributed by atoms with Crippen molar-refractivity contribution in [3.05, 3.63) is 57.5 Å². The molecule has 0 bridgehead atoms. The van der Waals surface area contributed by atoms with Crippen LogP contribution in [0.2, 0.25) is 0 Å². The van der Waals surface area contributed by atoms with E-state index in [1.165, 1.54) is 12.1 Å². The standard InChI is InChI=1S/C13H11FN4O4/c14-8-3-1-7(2-4-8)6-15-12(19)11-16-13(22-17-11)9-5-10(9)18(20)21/h1-4,9-10H,5-6H2,(H,15,19)/t9-,10-/m0/s1. The highest BCUT2D eigenvalue weighted by molar-refractivity contribution is 5.90. The summed E-state index contributed by atoms with van der Waals surface area (Å²) in [6, 6.07) is 4.96. The summed E-state index contributed by atoms with van der Waals surface area (Å²) in [5.41, 5.74) is 0.717. The lowest BCUT2D eigenvalue weighted by Crippen LogP contribution is -2.24. The Bertz CT molecular complexity index is 715. The maximum atomic E-state index is 12.8. The first-order valence-corrected chi connectivity index (χ1v) is 6.54. The van der Waals surface area contributed by atoms with Crippen molar-refractivity contribution < 1.29 is 18.6 Å². The van der Waals surface area contributed by atoms with Crippen molar-refractivity contribution in [3.63, 3.8) is 0 Å². The predicted molar refractivity (Wildman–Crippen MR) is 70.0 cm³/mol.